The Hall–Kier alpha value is -2.30. The number of furan rings is 1. The molecule has 24 heavy (non-hydrogen) atoms. The Morgan fingerprint density at radius 1 is 1.33 bits per heavy atom. The van der Waals surface area contributed by atoms with Crippen LogP contribution in [0.1, 0.15) is 48.9 Å². The SMILES string of the molecule is COc1cccnc1CC(=O)N1CCCCCC1c1ccc(C)o1. The van der Waals surface area contributed by atoms with Gasteiger partial charge in [-0.3, -0.25) is 9.78 Å². The molecule has 0 bridgehead atoms. The Labute approximate surface area is 142 Å². The second-order valence-corrected chi connectivity index (χ2v) is 6.23. The third-order valence-corrected chi connectivity index (χ3v) is 4.55. The highest BCUT2D eigenvalue weighted by molar-refractivity contribution is 5.79. The van der Waals surface area contributed by atoms with Crippen LogP contribution in [0.25, 0.3) is 0 Å². The molecule has 0 aromatic carbocycles. The number of rotatable bonds is 4. The minimum atomic E-state index is 0.0170. The van der Waals surface area contributed by atoms with Crippen LogP contribution in [-0.2, 0) is 11.2 Å². The smallest absolute Gasteiger partial charge is 0.229 e. The maximum absolute atomic E-state index is 13.0. The van der Waals surface area contributed by atoms with Crippen LogP contribution in [0.3, 0.4) is 0 Å². The molecule has 1 aliphatic heterocycles. The molecule has 3 heterocycles. The van der Waals surface area contributed by atoms with Gasteiger partial charge in [-0.2, -0.15) is 0 Å². The molecule has 0 spiro atoms. The molecule has 0 aliphatic carbocycles. The van der Waals surface area contributed by atoms with E-state index < -0.39 is 0 Å². The molecule has 5 nitrogen and oxygen atoms in total. The van der Waals surface area contributed by atoms with Gasteiger partial charge in [0.15, 0.2) is 0 Å². The van der Waals surface area contributed by atoms with Crippen molar-refractivity contribution in [3.8, 4) is 5.75 Å². The number of amides is 1. The minimum Gasteiger partial charge on any atom is -0.495 e. The Kier molecular flexibility index (Phi) is 5.18. The maximum atomic E-state index is 13.0. The summed E-state index contributed by atoms with van der Waals surface area (Å²) in [5.74, 6) is 2.50. The quantitative estimate of drug-likeness (QED) is 0.859. The molecule has 5 heteroatoms. The summed E-state index contributed by atoms with van der Waals surface area (Å²) >= 11 is 0. The van der Waals surface area contributed by atoms with Crippen molar-refractivity contribution in [2.45, 2.75) is 45.1 Å². The predicted molar refractivity (Wildman–Crippen MR) is 90.9 cm³/mol. The van der Waals surface area contributed by atoms with Gasteiger partial charge in [0.2, 0.25) is 5.91 Å². The third-order valence-electron chi connectivity index (χ3n) is 4.55. The van der Waals surface area contributed by atoms with Gasteiger partial charge in [0.25, 0.3) is 0 Å². The summed E-state index contributed by atoms with van der Waals surface area (Å²) in [5, 5.41) is 0. The Morgan fingerprint density at radius 2 is 2.21 bits per heavy atom. The molecule has 3 rings (SSSR count). The van der Waals surface area contributed by atoms with Crippen LogP contribution in [0.5, 0.6) is 5.75 Å². The van der Waals surface area contributed by atoms with E-state index in [1.807, 2.05) is 36.1 Å². The van der Waals surface area contributed by atoms with Gasteiger partial charge in [0.05, 0.1) is 25.3 Å². The number of hydrogen-bond donors (Lipinski definition) is 0. The van der Waals surface area contributed by atoms with Crippen LogP contribution in [0, 0.1) is 6.92 Å². The number of aryl methyl sites for hydroxylation is 1. The van der Waals surface area contributed by atoms with Gasteiger partial charge >= 0.3 is 0 Å². The van der Waals surface area contributed by atoms with E-state index in [1.54, 1.807) is 13.3 Å². The van der Waals surface area contributed by atoms with Crippen LogP contribution in [0.4, 0.5) is 0 Å². The maximum Gasteiger partial charge on any atom is 0.229 e. The molecule has 0 saturated carbocycles. The molecule has 2 aromatic rings. The van der Waals surface area contributed by atoms with Crippen molar-refractivity contribution >= 4 is 5.91 Å². The number of ether oxygens (including phenoxy) is 1. The van der Waals surface area contributed by atoms with Gasteiger partial charge in [-0.05, 0) is 44.0 Å². The number of hydrogen-bond acceptors (Lipinski definition) is 4. The number of carbonyl (C=O) groups excluding carboxylic acids is 1. The first-order valence-electron chi connectivity index (χ1n) is 8.52. The lowest BCUT2D eigenvalue weighted by atomic mass is 10.1. The van der Waals surface area contributed by atoms with Crippen molar-refractivity contribution in [1.29, 1.82) is 0 Å². The summed E-state index contributed by atoms with van der Waals surface area (Å²) in [6, 6.07) is 7.62. The molecular weight excluding hydrogens is 304 g/mol. The normalized spacial score (nSPS) is 18.2. The lowest BCUT2D eigenvalue weighted by Gasteiger charge is -2.29. The van der Waals surface area contributed by atoms with E-state index >= 15 is 0 Å². The first kappa shape index (κ1) is 16.6. The largest absolute Gasteiger partial charge is 0.495 e. The molecule has 1 unspecified atom stereocenters. The molecule has 2 aromatic heterocycles. The average Bonchev–Trinajstić information content (AvgIpc) is 2.87. The molecular formula is C19H24N2O3. The fourth-order valence-electron chi connectivity index (χ4n) is 3.32. The lowest BCUT2D eigenvalue weighted by molar-refractivity contribution is -0.133. The highest BCUT2D eigenvalue weighted by Crippen LogP contribution is 2.32. The highest BCUT2D eigenvalue weighted by atomic mass is 16.5. The second-order valence-electron chi connectivity index (χ2n) is 6.23. The predicted octanol–water partition coefficient (Wildman–Crippen LogP) is 3.68. The Bertz CT molecular complexity index is 695. The van der Waals surface area contributed by atoms with Gasteiger partial charge < -0.3 is 14.1 Å². The third kappa shape index (κ3) is 3.61. The molecule has 128 valence electrons. The Balaban J connectivity index is 1.82. The van der Waals surface area contributed by atoms with E-state index in [4.69, 9.17) is 9.15 Å². The van der Waals surface area contributed by atoms with Crippen LogP contribution in [-0.4, -0.2) is 29.4 Å². The monoisotopic (exact) mass is 328 g/mol. The zero-order chi connectivity index (χ0) is 16.9. The summed E-state index contributed by atoms with van der Waals surface area (Å²) in [5.41, 5.74) is 0.684. The van der Waals surface area contributed by atoms with Crippen LogP contribution >= 0.6 is 0 Å². The molecule has 1 aliphatic rings. The van der Waals surface area contributed by atoms with Gasteiger partial charge in [-0.1, -0.05) is 12.8 Å². The lowest BCUT2D eigenvalue weighted by Crippen LogP contribution is -2.36. The van der Waals surface area contributed by atoms with Crippen molar-refractivity contribution in [2.75, 3.05) is 13.7 Å². The van der Waals surface area contributed by atoms with Gasteiger partial charge in [-0.25, -0.2) is 0 Å². The number of pyridine rings is 1. The van der Waals surface area contributed by atoms with Crippen molar-refractivity contribution in [3.05, 3.63) is 47.7 Å². The summed E-state index contributed by atoms with van der Waals surface area (Å²) in [4.78, 5) is 19.2. The van der Waals surface area contributed by atoms with E-state index in [9.17, 15) is 4.79 Å². The second kappa shape index (κ2) is 7.51. The first-order chi connectivity index (χ1) is 11.7. The van der Waals surface area contributed by atoms with Gasteiger partial charge in [0, 0.05) is 12.7 Å². The average molecular weight is 328 g/mol. The molecule has 0 radical (unpaired) electrons. The fraction of sp³-hybridized carbons (Fsp3) is 0.474. The van der Waals surface area contributed by atoms with Gasteiger partial charge in [0.1, 0.15) is 17.3 Å². The van der Waals surface area contributed by atoms with Crippen LogP contribution in [0.2, 0.25) is 0 Å². The van der Waals surface area contributed by atoms with E-state index in [2.05, 4.69) is 4.98 Å². The molecule has 1 amide bonds. The van der Waals surface area contributed by atoms with Crippen molar-refractivity contribution < 1.29 is 13.9 Å². The van der Waals surface area contributed by atoms with E-state index in [0.29, 0.717) is 11.4 Å². The minimum absolute atomic E-state index is 0.0170. The van der Waals surface area contributed by atoms with Crippen LogP contribution in [0.15, 0.2) is 34.9 Å². The highest BCUT2D eigenvalue weighted by Gasteiger charge is 2.29. The van der Waals surface area contributed by atoms with Crippen molar-refractivity contribution in [3.63, 3.8) is 0 Å². The molecule has 0 N–H and O–H groups in total. The summed E-state index contributed by atoms with van der Waals surface area (Å²) in [6.45, 7) is 2.70. The molecule has 1 fully saturated rings. The van der Waals surface area contributed by atoms with Crippen molar-refractivity contribution in [2.24, 2.45) is 0 Å². The number of methoxy groups -OCH3 is 1. The van der Waals surface area contributed by atoms with Crippen LogP contribution < -0.4 is 4.74 Å². The molecule has 1 saturated heterocycles. The van der Waals surface area contributed by atoms with E-state index in [1.165, 1.54) is 0 Å². The summed E-state index contributed by atoms with van der Waals surface area (Å²) in [7, 11) is 1.60. The first-order valence-corrected chi connectivity index (χ1v) is 8.52. The zero-order valence-corrected chi connectivity index (χ0v) is 14.3. The molecule has 1 atom stereocenters. The van der Waals surface area contributed by atoms with E-state index in [-0.39, 0.29) is 18.4 Å². The zero-order valence-electron chi connectivity index (χ0n) is 14.3. The van der Waals surface area contributed by atoms with Crippen molar-refractivity contribution in [1.82, 2.24) is 9.88 Å². The number of nitrogens with zero attached hydrogens (tertiary/aromatic N) is 2. The van der Waals surface area contributed by atoms with E-state index in [0.717, 1.165) is 43.7 Å². The fourth-order valence-corrected chi connectivity index (χ4v) is 3.32. The Morgan fingerprint density at radius 3 is 2.96 bits per heavy atom. The van der Waals surface area contributed by atoms with Gasteiger partial charge in [-0.15, -0.1) is 0 Å². The number of carbonyl (C=O) groups is 1. The topological polar surface area (TPSA) is 55.6 Å². The standard InChI is InChI=1S/C19H24N2O3/c1-14-9-10-18(24-14)16-7-4-3-5-12-21(16)19(22)13-15-17(23-2)8-6-11-20-15/h6,8-11,16H,3-5,7,12-13H2,1-2H3. The number of aromatic nitrogens is 1. The number of likely N-dealkylation sites (tertiary alicyclic amines) is 1. The summed E-state index contributed by atoms with van der Waals surface area (Å²) in [6.07, 6.45) is 6.18. The summed E-state index contributed by atoms with van der Waals surface area (Å²) < 4.78 is 11.1.